The molecule has 4 aromatic rings. The van der Waals surface area contributed by atoms with Crippen molar-refractivity contribution in [3.63, 3.8) is 0 Å². The number of nitrogens with zero attached hydrogens (tertiary/aromatic N) is 2. The van der Waals surface area contributed by atoms with Crippen LogP contribution in [0.1, 0.15) is 57.0 Å². The van der Waals surface area contributed by atoms with E-state index in [0.717, 1.165) is 67.5 Å². The van der Waals surface area contributed by atoms with Crippen LogP contribution in [0.5, 0.6) is 0 Å². The van der Waals surface area contributed by atoms with E-state index < -0.39 is 0 Å². The zero-order valence-electron chi connectivity index (χ0n) is 21.5. The lowest BCUT2D eigenvalue weighted by atomic mass is 9.73. The van der Waals surface area contributed by atoms with Gasteiger partial charge in [-0.2, -0.15) is 11.3 Å². The summed E-state index contributed by atoms with van der Waals surface area (Å²) in [5.74, 6) is 1.20. The summed E-state index contributed by atoms with van der Waals surface area (Å²) >= 11 is 1.74. The zero-order chi connectivity index (χ0) is 25.7. The number of fused-ring (bicyclic) bond motifs is 3. The number of piperidine rings is 1. The lowest BCUT2D eigenvalue weighted by molar-refractivity contribution is 0.0781. The fourth-order valence-electron chi connectivity index (χ4n) is 7.30. The first kappa shape index (κ1) is 23.8. The van der Waals surface area contributed by atoms with Crippen molar-refractivity contribution in [1.29, 1.82) is 0 Å². The van der Waals surface area contributed by atoms with Gasteiger partial charge in [-0.15, -0.1) is 0 Å². The molecule has 5 heteroatoms. The van der Waals surface area contributed by atoms with Gasteiger partial charge in [0.25, 0.3) is 5.91 Å². The minimum absolute atomic E-state index is 0.0168. The van der Waals surface area contributed by atoms with E-state index >= 15 is 0 Å². The topological polar surface area (TPSA) is 40.6 Å². The molecule has 1 aliphatic carbocycles. The number of benzene rings is 3. The minimum Gasteiger partial charge on any atom is -0.338 e. The number of amides is 1. The van der Waals surface area contributed by atoms with E-state index in [1.807, 2.05) is 36.4 Å². The standard InChI is InChI=1S/C33H32N2O2S/c36-31-18-33(30-11-4-3-9-28(30)31)13-15-34(16-14-33)19-25-20-35(21-29(25)24-12-17-38-22-24)32(37)27-10-5-7-23-6-1-2-8-26(23)27/h1-12,17,22,25,29H,13-16,18-21H2. The number of ketones is 1. The normalized spacial score (nSPS) is 22.8. The van der Waals surface area contributed by atoms with Crippen LogP contribution in [0.4, 0.5) is 0 Å². The van der Waals surface area contributed by atoms with Crippen LogP contribution in [0.15, 0.2) is 83.6 Å². The van der Waals surface area contributed by atoms with E-state index in [0.29, 0.717) is 24.0 Å². The van der Waals surface area contributed by atoms with Crippen molar-refractivity contribution in [2.45, 2.75) is 30.6 Å². The SMILES string of the molecule is O=C1CC2(CCN(CC3CN(C(=O)c4cccc5ccccc45)CC3c3ccsc3)CC2)c2ccccc21. The van der Waals surface area contributed by atoms with Crippen molar-refractivity contribution >= 4 is 33.8 Å². The van der Waals surface area contributed by atoms with Crippen molar-refractivity contribution < 1.29 is 9.59 Å². The fourth-order valence-corrected chi connectivity index (χ4v) is 8.02. The van der Waals surface area contributed by atoms with Gasteiger partial charge in [0.05, 0.1) is 0 Å². The molecular weight excluding hydrogens is 488 g/mol. The van der Waals surface area contributed by atoms with Gasteiger partial charge in [0.1, 0.15) is 0 Å². The first-order valence-corrected chi connectivity index (χ1v) is 14.7. The Morgan fingerprint density at radius 2 is 1.71 bits per heavy atom. The van der Waals surface area contributed by atoms with Gasteiger partial charge in [0.15, 0.2) is 5.78 Å². The van der Waals surface area contributed by atoms with Crippen LogP contribution in [0, 0.1) is 5.92 Å². The number of Topliss-reactive ketones (excluding diaryl/α,β-unsaturated/α-hetero) is 1. The number of hydrogen-bond donors (Lipinski definition) is 0. The number of carbonyl (C=O) groups excluding carboxylic acids is 2. The number of likely N-dealkylation sites (tertiary alicyclic amines) is 2. The summed E-state index contributed by atoms with van der Waals surface area (Å²) in [5, 5.41) is 6.55. The van der Waals surface area contributed by atoms with Crippen LogP contribution < -0.4 is 0 Å². The Morgan fingerprint density at radius 3 is 2.55 bits per heavy atom. The molecule has 1 amide bonds. The quantitative estimate of drug-likeness (QED) is 0.314. The molecule has 2 unspecified atom stereocenters. The average molecular weight is 521 g/mol. The maximum absolute atomic E-state index is 13.8. The van der Waals surface area contributed by atoms with Crippen LogP contribution in [-0.4, -0.2) is 54.2 Å². The third-order valence-electron chi connectivity index (χ3n) is 9.32. The van der Waals surface area contributed by atoms with Gasteiger partial charge in [0.2, 0.25) is 0 Å². The molecule has 2 fully saturated rings. The Balaban J connectivity index is 1.09. The molecule has 4 nitrogen and oxygen atoms in total. The van der Waals surface area contributed by atoms with Crippen molar-refractivity contribution in [2.24, 2.45) is 5.92 Å². The van der Waals surface area contributed by atoms with Crippen molar-refractivity contribution in [3.8, 4) is 0 Å². The molecule has 3 aromatic carbocycles. The van der Waals surface area contributed by atoms with Crippen LogP contribution in [0.2, 0.25) is 0 Å². The van der Waals surface area contributed by atoms with Gasteiger partial charge >= 0.3 is 0 Å². The molecule has 2 aliphatic heterocycles. The lowest BCUT2D eigenvalue weighted by Crippen LogP contribution is -2.44. The molecular formula is C33H32N2O2S. The lowest BCUT2D eigenvalue weighted by Gasteiger charge is -2.41. The van der Waals surface area contributed by atoms with E-state index in [9.17, 15) is 9.59 Å². The maximum atomic E-state index is 13.8. The van der Waals surface area contributed by atoms with Crippen molar-refractivity contribution in [3.05, 3.63) is 106 Å². The average Bonchev–Trinajstić information content (AvgIpc) is 3.69. The summed E-state index contributed by atoms with van der Waals surface area (Å²) in [6, 6.07) is 24.7. The maximum Gasteiger partial charge on any atom is 0.254 e. The number of carbonyl (C=O) groups is 2. The van der Waals surface area contributed by atoms with Crippen molar-refractivity contribution in [1.82, 2.24) is 9.80 Å². The summed E-state index contributed by atoms with van der Waals surface area (Å²) in [6.07, 6.45) is 2.73. The monoisotopic (exact) mass is 520 g/mol. The van der Waals surface area contributed by atoms with Gasteiger partial charge in [-0.3, -0.25) is 9.59 Å². The largest absolute Gasteiger partial charge is 0.338 e. The summed E-state index contributed by atoms with van der Waals surface area (Å²) < 4.78 is 0. The predicted octanol–water partition coefficient (Wildman–Crippen LogP) is 6.38. The highest BCUT2D eigenvalue weighted by Gasteiger charge is 2.46. The molecule has 0 radical (unpaired) electrons. The van der Waals surface area contributed by atoms with Crippen LogP contribution in [0.25, 0.3) is 10.8 Å². The molecule has 3 heterocycles. The molecule has 38 heavy (non-hydrogen) atoms. The molecule has 3 aliphatic rings. The van der Waals surface area contributed by atoms with E-state index in [-0.39, 0.29) is 11.3 Å². The summed E-state index contributed by atoms with van der Waals surface area (Å²) in [5.41, 5.74) is 4.39. The molecule has 0 bridgehead atoms. The number of hydrogen-bond acceptors (Lipinski definition) is 4. The van der Waals surface area contributed by atoms with E-state index in [4.69, 9.17) is 0 Å². The molecule has 192 valence electrons. The number of thiophene rings is 1. The Hall–Kier alpha value is -3.28. The third kappa shape index (κ3) is 4.00. The Morgan fingerprint density at radius 1 is 0.921 bits per heavy atom. The fraction of sp³-hybridized carbons (Fsp3) is 0.333. The molecule has 2 saturated heterocycles. The predicted molar refractivity (Wildman–Crippen MR) is 153 cm³/mol. The number of rotatable bonds is 4. The summed E-state index contributed by atoms with van der Waals surface area (Å²) in [4.78, 5) is 31.2. The Bertz CT molecular complexity index is 1500. The Labute approximate surface area is 227 Å². The van der Waals surface area contributed by atoms with Gasteiger partial charge in [-0.1, -0.05) is 60.7 Å². The summed E-state index contributed by atoms with van der Waals surface area (Å²) in [7, 11) is 0. The second-order valence-electron chi connectivity index (χ2n) is 11.4. The van der Waals surface area contributed by atoms with Gasteiger partial charge in [0, 0.05) is 48.5 Å². The molecule has 0 saturated carbocycles. The second-order valence-corrected chi connectivity index (χ2v) is 12.2. The molecule has 1 spiro atoms. The molecule has 1 aromatic heterocycles. The highest BCUT2D eigenvalue weighted by molar-refractivity contribution is 7.08. The van der Waals surface area contributed by atoms with Crippen LogP contribution in [0.3, 0.4) is 0 Å². The summed E-state index contributed by atoms with van der Waals surface area (Å²) in [6.45, 7) is 4.55. The van der Waals surface area contributed by atoms with Crippen LogP contribution >= 0.6 is 11.3 Å². The Kier molecular flexibility index (Phi) is 5.94. The molecule has 0 N–H and O–H groups in total. The van der Waals surface area contributed by atoms with Gasteiger partial charge in [-0.05, 0) is 76.6 Å². The van der Waals surface area contributed by atoms with Gasteiger partial charge < -0.3 is 9.80 Å². The third-order valence-corrected chi connectivity index (χ3v) is 10.0. The van der Waals surface area contributed by atoms with E-state index in [1.165, 1.54) is 11.1 Å². The second kappa shape index (κ2) is 9.48. The first-order valence-electron chi connectivity index (χ1n) is 13.8. The van der Waals surface area contributed by atoms with Crippen LogP contribution in [-0.2, 0) is 5.41 Å². The zero-order valence-corrected chi connectivity index (χ0v) is 22.3. The highest BCUT2D eigenvalue weighted by Crippen LogP contribution is 2.46. The highest BCUT2D eigenvalue weighted by atomic mass is 32.1. The van der Waals surface area contributed by atoms with E-state index in [2.05, 4.69) is 57.0 Å². The molecule has 2 atom stereocenters. The van der Waals surface area contributed by atoms with Crippen molar-refractivity contribution in [2.75, 3.05) is 32.7 Å². The molecule has 7 rings (SSSR count). The van der Waals surface area contributed by atoms with E-state index in [1.54, 1.807) is 11.3 Å². The van der Waals surface area contributed by atoms with Gasteiger partial charge in [-0.25, -0.2) is 0 Å². The first-order chi connectivity index (χ1) is 18.6. The smallest absolute Gasteiger partial charge is 0.254 e. The minimum atomic E-state index is 0.0168.